The quantitative estimate of drug-likeness (QED) is 0.791. The van der Waals surface area contributed by atoms with E-state index in [0.29, 0.717) is 17.1 Å². The number of phenols is 1. The van der Waals surface area contributed by atoms with Crippen LogP contribution < -0.4 is 4.74 Å². The van der Waals surface area contributed by atoms with Crippen molar-refractivity contribution in [1.82, 2.24) is 0 Å². The van der Waals surface area contributed by atoms with Crippen LogP contribution in [0.3, 0.4) is 0 Å². The summed E-state index contributed by atoms with van der Waals surface area (Å²) >= 11 is 0. The SMILES string of the molecule is COc1ccc(-c2ccco2)c(O)c1. The Bertz CT molecular complexity index is 418. The van der Waals surface area contributed by atoms with Crippen LogP contribution in [0.15, 0.2) is 41.0 Å². The van der Waals surface area contributed by atoms with Crippen molar-refractivity contribution >= 4 is 0 Å². The Hall–Kier alpha value is -1.90. The molecule has 1 aromatic heterocycles. The van der Waals surface area contributed by atoms with Gasteiger partial charge in [0.2, 0.25) is 0 Å². The number of phenolic OH excluding ortho intramolecular Hbond substituents is 1. The van der Waals surface area contributed by atoms with Gasteiger partial charge in [0, 0.05) is 6.07 Å². The van der Waals surface area contributed by atoms with Crippen LogP contribution in [0.2, 0.25) is 0 Å². The van der Waals surface area contributed by atoms with E-state index in [1.807, 2.05) is 0 Å². The Kier molecular flexibility index (Phi) is 2.14. The molecule has 0 amide bonds. The van der Waals surface area contributed by atoms with Crippen LogP contribution in [0.5, 0.6) is 11.5 Å². The minimum absolute atomic E-state index is 0.152. The van der Waals surface area contributed by atoms with Gasteiger partial charge in [-0.3, -0.25) is 0 Å². The first kappa shape index (κ1) is 8.69. The molecule has 0 saturated carbocycles. The van der Waals surface area contributed by atoms with Crippen LogP contribution >= 0.6 is 0 Å². The highest BCUT2D eigenvalue weighted by Crippen LogP contribution is 2.32. The maximum atomic E-state index is 9.65. The molecular weight excluding hydrogens is 180 g/mol. The van der Waals surface area contributed by atoms with Crippen LogP contribution in [-0.2, 0) is 0 Å². The molecule has 0 aliphatic rings. The first-order chi connectivity index (χ1) is 6.81. The summed E-state index contributed by atoms with van der Waals surface area (Å²) < 4.78 is 10.1. The molecule has 1 heterocycles. The van der Waals surface area contributed by atoms with Gasteiger partial charge in [0.15, 0.2) is 0 Å². The largest absolute Gasteiger partial charge is 0.507 e. The summed E-state index contributed by atoms with van der Waals surface area (Å²) in [5.74, 6) is 1.42. The molecular formula is C11H10O3. The van der Waals surface area contributed by atoms with E-state index in [1.54, 1.807) is 43.7 Å². The van der Waals surface area contributed by atoms with Crippen molar-refractivity contribution < 1.29 is 14.3 Å². The average Bonchev–Trinajstić information content (AvgIpc) is 2.70. The molecule has 0 saturated heterocycles. The molecule has 0 spiro atoms. The second kappa shape index (κ2) is 3.46. The van der Waals surface area contributed by atoms with Gasteiger partial charge in [-0.15, -0.1) is 0 Å². The predicted octanol–water partition coefficient (Wildman–Crippen LogP) is 2.66. The van der Waals surface area contributed by atoms with Crippen LogP contribution in [0.25, 0.3) is 11.3 Å². The lowest BCUT2D eigenvalue weighted by atomic mass is 10.1. The monoisotopic (exact) mass is 190 g/mol. The summed E-state index contributed by atoms with van der Waals surface area (Å²) in [6, 6.07) is 8.66. The Morgan fingerprint density at radius 3 is 2.71 bits per heavy atom. The molecule has 0 unspecified atom stereocenters. The van der Waals surface area contributed by atoms with E-state index < -0.39 is 0 Å². The van der Waals surface area contributed by atoms with Gasteiger partial charge >= 0.3 is 0 Å². The van der Waals surface area contributed by atoms with E-state index in [4.69, 9.17) is 9.15 Å². The number of furan rings is 1. The summed E-state index contributed by atoms with van der Waals surface area (Å²) in [5.41, 5.74) is 0.663. The second-order valence-electron chi connectivity index (χ2n) is 2.86. The number of benzene rings is 1. The first-order valence-electron chi connectivity index (χ1n) is 4.22. The molecule has 1 aromatic carbocycles. The molecule has 3 nitrogen and oxygen atoms in total. The zero-order chi connectivity index (χ0) is 9.97. The van der Waals surface area contributed by atoms with Crippen molar-refractivity contribution in [2.45, 2.75) is 0 Å². The lowest BCUT2D eigenvalue weighted by molar-refractivity contribution is 0.407. The molecule has 2 aromatic rings. The third-order valence-corrected chi connectivity index (χ3v) is 1.99. The van der Waals surface area contributed by atoms with E-state index >= 15 is 0 Å². The number of methoxy groups -OCH3 is 1. The number of hydrogen-bond acceptors (Lipinski definition) is 3. The zero-order valence-electron chi connectivity index (χ0n) is 7.73. The number of aromatic hydroxyl groups is 1. The third kappa shape index (κ3) is 1.44. The van der Waals surface area contributed by atoms with Crippen molar-refractivity contribution in [3.8, 4) is 22.8 Å². The molecule has 14 heavy (non-hydrogen) atoms. The molecule has 0 aliphatic carbocycles. The van der Waals surface area contributed by atoms with E-state index in [2.05, 4.69) is 0 Å². The summed E-state index contributed by atoms with van der Waals surface area (Å²) in [6.45, 7) is 0. The second-order valence-corrected chi connectivity index (χ2v) is 2.86. The smallest absolute Gasteiger partial charge is 0.137 e. The standard InChI is InChI=1S/C11H10O3/c1-13-8-4-5-9(10(12)7-8)11-3-2-6-14-11/h2-7,12H,1H3. The van der Waals surface area contributed by atoms with E-state index in [9.17, 15) is 5.11 Å². The van der Waals surface area contributed by atoms with Crippen molar-refractivity contribution in [1.29, 1.82) is 0 Å². The molecule has 0 atom stereocenters. The number of hydrogen-bond donors (Lipinski definition) is 1. The van der Waals surface area contributed by atoms with Gasteiger partial charge in [0.05, 0.1) is 18.9 Å². The highest BCUT2D eigenvalue weighted by molar-refractivity contribution is 5.66. The molecule has 0 fully saturated rings. The predicted molar refractivity (Wildman–Crippen MR) is 52.4 cm³/mol. The van der Waals surface area contributed by atoms with Gasteiger partial charge < -0.3 is 14.3 Å². The third-order valence-electron chi connectivity index (χ3n) is 1.99. The highest BCUT2D eigenvalue weighted by Gasteiger charge is 2.07. The maximum absolute atomic E-state index is 9.65. The summed E-state index contributed by atoms with van der Waals surface area (Å²) in [4.78, 5) is 0. The number of rotatable bonds is 2. The lowest BCUT2D eigenvalue weighted by Gasteiger charge is -2.03. The minimum atomic E-state index is 0.152. The van der Waals surface area contributed by atoms with Gasteiger partial charge in [0.1, 0.15) is 17.3 Å². The van der Waals surface area contributed by atoms with E-state index in [-0.39, 0.29) is 5.75 Å². The summed E-state index contributed by atoms with van der Waals surface area (Å²) in [6.07, 6.45) is 1.57. The summed E-state index contributed by atoms with van der Waals surface area (Å²) in [5, 5.41) is 9.65. The topological polar surface area (TPSA) is 42.6 Å². The van der Waals surface area contributed by atoms with Crippen molar-refractivity contribution in [2.24, 2.45) is 0 Å². The summed E-state index contributed by atoms with van der Waals surface area (Å²) in [7, 11) is 1.56. The Morgan fingerprint density at radius 1 is 1.29 bits per heavy atom. The fraction of sp³-hybridized carbons (Fsp3) is 0.0909. The normalized spacial score (nSPS) is 10.1. The molecule has 72 valence electrons. The fourth-order valence-electron chi connectivity index (χ4n) is 1.28. The molecule has 3 heteroatoms. The fourth-order valence-corrected chi connectivity index (χ4v) is 1.28. The minimum Gasteiger partial charge on any atom is -0.507 e. The van der Waals surface area contributed by atoms with E-state index in [1.165, 1.54) is 0 Å². The Balaban J connectivity index is 2.46. The molecule has 0 aliphatic heterocycles. The van der Waals surface area contributed by atoms with Crippen LogP contribution in [0.4, 0.5) is 0 Å². The van der Waals surface area contributed by atoms with Gasteiger partial charge in [-0.1, -0.05) is 0 Å². The average molecular weight is 190 g/mol. The van der Waals surface area contributed by atoms with Gasteiger partial charge in [0.25, 0.3) is 0 Å². The van der Waals surface area contributed by atoms with Crippen LogP contribution in [0.1, 0.15) is 0 Å². The molecule has 0 radical (unpaired) electrons. The maximum Gasteiger partial charge on any atom is 0.137 e. The van der Waals surface area contributed by atoms with Gasteiger partial charge in [-0.25, -0.2) is 0 Å². The molecule has 1 N–H and O–H groups in total. The first-order valence-corrected chi connectivity index (χ1v) is 4.22. The molecule has 0 bridgehead atoms. The van der Waals surface area contributed by atoms with Crippen molar-refractivity contribution in [2.75, 3.05) is 7.11 Å². The highest BCUT2D eigenvalue weighted by atomic mass is 16.5. The van der Waals surface area contributed by atoms with Crippen molar-refractivity contribution in [3.63, 3.8) is 0 Å². The van der Waals surface area contributed by atoms with Crippen molar-refractivity contribution in [3.05, 3.63) is 36.6 Å². The molecule has 2 rings (SSSR count). The number of ether oxygens (including phenoxy) is 1. The van der Waals surface area contributed by atoms with E-state index in [0.717, 1.165) is 0 Å². The Morgan fingerprint density at radius 2 is 2.14 bits per heavy atom. The van der Waals surface area contributed by atoms with Crippen LogP contribution in [-0.4, -0.2) is 12.2 Å². The lowest BCUT2D eigenvalue weighted by Crippen LogP contribution is -1.83. The Labute approximate surface area is 81.6 Å². The van der Waals surface area contributed by atoms with Gasteiger partial charge in [-0.05, 0) is 24.3 Å². The van der Waals surface area contributed by atoms with Gasteiger partial charge in [-0.2, -0.15) is 0 Å². The van der Waals surface area contributed by atoms with Crippen LogP contribution in [0, 0.1) is 0 Å². The zero-order valence-corrected chi connectivity index (χ0v) is 7.73.